The van der Waals surface area contributed by atoms with Crippen LogP contribution in [0.3, 0.4) is 0 Å². The molecule has 0 atom stereocenters. The third kappa shape index (κ3) is 11.7. The van der Waals surface area contributed by atoms with Crippen LogP contribution in [-0.4, -0.2) is 48.5 Å². The number of carbonyl (C=O) groups excluding carboxylic acids is 1. The molecular formula is C43H62Cl2N3O3Ru. The second-order valence-corrected chi connectivity index (χ2v) is 17.5. The van der Waals surface area contributed by atoms with E-state index in [1.807, 2.05) is 44.4 Å². The molecule has 4 rings (SSSR count). The molecule has 1 N–H and O–H groups in total. The van der Waals surface area contributed by atoms with Gasteiger partial charge in [0.15, 0.2) is 0 Å². The van der Waals surface area contributed by atoms with Crippen molar-refractivity contribution >= 4 is 49.1 Å². The third-order valence-electron chi connectivity index (χ3n) is 9.01. The summed E-state index contributed by atoms with van der Waals surface area (Å²) in [6.45, 7) is 28.7. The van der Waals surface area contributed by atoms with Crippen LogP contribution in [-0.2, 0) is 20.4 Å². The van der Waals surface area contributed by atoms with Crippen molar-refractivity contribution in [3.05, 3.63) is 82.4 Å². The first-order valence-electron chi connectivity index (χ1n) is 18.8. The fourth-order valence-corrected chi connectivity index (χ4v) is 7.98. The van der Waals surface area contributed by atoms with Crippen LogP contribution in [0.1, 0.15) is 135 Å². The molecule has 0 aliphatic carbocycles. The number of anilines is 3. The van der Waals surface area contributed by atoms with Gasteiger partial charge in [-0.1, -0.05) is 91.8 Å². The van der Waals surface area contributed by atoms with E-state index in [1.165, 1.54) is 33.6 Å². The molecule has 1 aliphatic heterocycles. The van der Waals surface area contributed by atoms with Crippen LogP contribution in [0.15, 0.2) is 54.6 Å². The SMILES string of the molecule is CC(C)COC(=O)Nc1ccc(OC(C)C)c([CH]=[Ru][Cl])c1.CC(C)c1cccc(C(C)C)c1N1CCN(c2c(C(C)C)cccc2C(C)C)C1CCl. The van der Waals surface area contributed by atoms with Gasteiger partial charge in [0, 0.05) is 24.5 Å². The predicted octanol–water partition coefficient (Wildman–Crippen LogP) is 12.1. The van der Waals surface area contributed by atoms with Gasteiger partial charge >= 0.3 is 137 Å². The van der Waals surface area contributed by atoms with E-state index in [1.54, 1.807) is 6.07 Å². The molecule has 1 amide bonds. The third-order valence-corrected chi connectivity index (χ3v) is 10.5. The Hall–Kier alpha value is -2.60. The quantitative estimate of drug-likeness (QED) is 0.137. The van der Waals surface area contributed by atoms with Crippen molar-refractivity contribution in [2.24, 2.45) is 5.92 Å². The van der Waals surface area contributed by atoms with E-state index in [4.69, 9.17) is 30.8 Å². The van der Waals surface area contributed by atoms with E-state index in [0.717, 1.165) is 24.4 Å². The van der Waals surface area contributed by atoms with E-state index in [2.05, 4.69) is 107 Å². The minimum absolute atomic E-state index is 0.0816. The molecule has 3 aromatic rings. The van der Waals surface area contributed by atoms with Crippen LogP contribution >= 0.6 is 21.3 Å². The van der Waals surface area contributed by atoms with Crippen LogP contribution in [0.4, 0.5) is 21.9 Å². The van der Waals surface area contributed by atoms with E-state index in [-0.39, 0.29) is 28.0 Å². The van der Waals surface area contributed by atoms with Gasteiger partial charge in [-0.05, 0) is 45.9 Å². The van der Waals surface area contributed by atoms with Gasteiger partial charge in [-0.15, -0.1) is 11.6 Å². The molecule has 0 unspecified atom stereocenters. The maximum absolute atomic E-state index is 11.7. The number of rotatable bonds is 13. The fourth-order valence-electron chi connectivity index (χ4n) is 6.56. The largest absolute Gasteiger partial charge is 0.348 e. The van der Waals surface area contributed by atoms with Crippen LogP contribution < -0.4 is 19.9 Å². The van der Waals surface area contributed by atoms with Gasteiger partial charge in [-0.25, -0.2) is 0 Å². The predicted molar refractivity (Wildman–Crippen MR) is 221 cm³/mol. The van der Waals surface area contributed by atoms with Crippen LogP contribution in [0.25, 0.3) is 0 Å². The van der Waals surface area contributed by atoms with E-state index < -0.39 is 6.09 Å². The molecule has 3 aromatic carbocycles. The Balaban J connectivity index is 0.000000304. The van der Waals surface area contributed by atoms with Crippen molar-refractivity contribution in [1.82, 2.24) is 0 Å². The normalized spacial score (nSPS) is 13.8. The summed E-state index contributed by atoms with van der Waals surface area (Å²) in [6, 6.07) is 19.1. The molecule has 0 spiro atoms. The Bertz CT molecular complexity index is 1500. The van der Waals surface area contributed by atoms with Crippen LogP contribution in [0.2, 0.25) is 0 Å². The smallest absolute Gasteiger partial charge is 0.115 e. The summed E-state index contributed by atoms with van der Waals surface area (Å²) in [5.74, 6) is 3.58. The van der Waals surface area contributed by atoms with Crippen molar-refractivity contribution in [1.29, 1.82) is 0 Å². The van der Waals surface area contributed by atoms with E-state index in [0.29, 0.717) is 47.8 Å². The molecule has 0 aromatic heterocycles. The molecule has 6 nitrogen and oxygen atoms in total. The molecule has 0 saturated carbocycles. The Morgan fingerprint density at radius 1 is 0.788 bits per heavy atom. The minimum atomic E-state index is -0.453. The Morgan fingerprint density at radius 2 is 1.25 bits per heavy atom. The number of halogens is 2. The molecule has 1 aliphatic rings. The molecule has 52 heavy (non-hydrogen) atoms. The number of amides is 1. The van der Waals surface area contributed by atoms with Crippen molar-refractivity contribution < 1.29 is 30.0 Å². The summed E-state index contributed by atoms with van der Waals surface area (Å²) in [7, 11) is 5.85. The van der Waals surface area contributed by atoms with Gasteiger partial charge in [0.2, 0.25) is 0 Å². The molecule has 9 heteroatoms. The van der Waals surface area contributed by atoms with Gasteiger partial charge in [0.25, 0.3) is 0 Å². The van der Waals surface area contributed by atoms with Gasteiger partial charge < -0.3 is 9.80 Å². The number of nitrogens with zero attached hydrogens (tertiary/aromatic N) is 2. The second-order valence-electron chi connectivity index (χ2n) is 15.4. The minimum Gasteiger partial charge on any atom is -0.348 e. The van der Waals surface area contributed by atoms with Crippen molar-refractivity contribution in [2.75, 3.05) is 40.7 Å². The van der Waals surface area contributed by atoms with E-state index >= 15 is 0 Å². The van der Waals surface area contributed by atoms with Gasteiger partial charge in [-0.2, -0.15) is 0 Å². The summed E-state index contributed by atoms with van der Waals surface area (Å²) in [6.07, 6.45) is -0.208. The molecule has 1 fully saturated rings. The first-order valence-corrected chi connectivity index (χ1v) is 22.5. The van der Waals surface area contributed by atoms with Crippen molar-refractivity contribution in [2.45, 2.75) is 119 Å². The maximum atomic E-state index is 11.7. The topological polar surface area (TPSA) is 54.0 Å². The van der Waals surface area contributed by atoms with Crippen molar-refractivity contribution in [3.63, 3.8) is 0 Å². The molecule has 0 bridgehead atoms. The zero-order valence-corrected chi connectivity index (χ0v) is 36.6. The van der Waals surface area contributed by atoms with Gasteiger partial charge in [0.1, 0.15) is 6.17 Å². The molecular weight excluding hydrogens is 778 g/mol. The Kier molecular flexibility index (Phi) is 17.5. The van der Waals surface area contributed by atoms with Crippen LogP contribution in [0.5, 0.6) is 5.75 Å². The Morgan fingerprint density at radius 3 is 1.62 bits per heavy atom. The van der Waals surface area contributed by atoms with Gasteiger partial charge in [-0.3, -0.25) is 0 Å². The number of ether oxygens (including phenoxy) is 2. The van der Waals surface area contributed by atoms with Crippen molar-refractivity contribution in [3.8, 4) is 5.75 Å². The molecule has 1 saturated heterocycles. The average molecular weight is 841 g/mol. The van der Waals surface area contributed by atoms with Crippen LogP contribution in [0, 0.1) is 5.92 Å². The Labute approximate surface area is 331 Å². The summed E-state index contributed by atoms with van der Waals surface area (Å²) in [5.41, 5.74) is 10.1. The monoisotopic (exact) mass is 840 g/mol. The van der Waals surface area contributed by atoms with Gasteiger partial charge in [0.05, 0.1) is 5.88 Å². The second kappa shape index (κ2) is 20.7. The number of nitrogens with one attached hydrogen (secondary N) is 1. The standard InChI is InChI=1S/C28H41ClN2.C15H21NO3.ClH.Ru/c1-18(2)22-11-9-12-23(19(3)4)27(22)30-15-16-31(26(30)17-29)28-24(20(5)6)13-10-14-25(28)21(7)8;1-10(2)9-18-15(17)16-13-6-7-14(12(5)8-13)19-11(3)4;;/h9-14,18-21,26H,15-17H2,1-8H3;5-8,10-11H,9H2,1-4H3,(H,16,17);1H;/q;;;+1/p-1. The summed E-state index contributed by atoms with van der Waals surface area (Å²) in [5, 5.41) is 2.71. The number of para-hydroxylation sites is 2. The average Bonchev–Trinajstić information content (AvgIpc) is 3.51. The molecule has 0 radical (unpaired) electrons. The first-order chi connectivity index (χ1) is 24.6. The number of alkyl halides is 1. The summed E-state index contributed by atoms with van der Waals surface area (Å²) >= 11 is 6.37. The molecule has 1 heterocycles. The number of carbonyl (C=O) groups is 1. The summed E-state index contributed by atoms with van der Waals surface area (Å²) in [4.78, 5) is 16.8. The van der Waals surface area contributed by atoms with E-state index in [9.17, 15) is 4.79 Å². The first kappa shape index (κ1) is 43.8. The maximum Gasteiger partial charge on any atom is 0.115 e. The fraction of sp³-hybridized carbons (Fsp3) is 0.535. The number of hydrogen-bond acceptors (Lipinski definition) is 5. The summed E-state index contributed by atoms with van der Waals surface area (Å²) < 4.78 is 12.7. The zero-order chi connectivity index (χ0) is 38.7. The number of benzene rings is 3. The zero-order valence-electron chi connectivity index (χ0n) is 33.4. The number of hydrogen-bond donors (Lipinski definition) is 1. The molecule has 289 valence electrons.